The molecule has 7 nitrogen and oxygen atoms in total. The number of nitrogens with one attached hydrogen (secondary N) is 1. The Balaban J connectivity index is 1.65. The lowest BCUT2D eigenvalue weighted by molar-refractivity contribution is -0.114. The summed E-state index contributed by atoms with van der Waals surface area (Å²) in [5.41, 5.74) is 2.01. The number of carbonyl (C=O) groups excluding carboxylic acids is 2. The number of ketones is 1. The summed E-state index contributed by atoms with van der Waals surface area (Å²) in [6, 6.07) is 18.5. The molecule has 0 aliphatic carbocycles. The molecular weight excluding hydrogens is 456 g/mol. The van der Waals surface area contributed by atoms with Crippen LogP contribution in [0.2, 0.25) is 0 Å². The van der Waals surface area contributed by atoms with Crippen LogP contribution in [0.4, 0.5) is 5.69 Å². The molecule has 1 N–H and O–H groups in total. The number of hydrogen-bond donors (Lipinski definition) is 1. The van der Waals surface area contributed by atoms with Gasteiger partial charge in [0.15, 0.2) is 16.8 Å². The lowest BCUT2D eigenvalue weighted by Gasteiger charge is -2.15. The summed E-state index contributed by atoms with van der Waals surface area (Å²) >= 11 is 2.91. The molecule has 33 heavy (non-hydrogen) atoms. The van der Waals surface area contributed by atoms with E-state index in [9.17, 15) is 9.59 Å². The van der Waals surface area contributed by atoms with Crippen LogP contribution in [0.25, 0.3) is 16.4 Å². The highest BCUT2D eigenvalue weighted by atomic mass is 32.2. The lowest BCUT2D eigenvalue weighted by atomic mass is 10.1. The molecule has 0 spiro atoms. The first-order valence-electron chi connectivity index (χ1n) is 10.2. The maximum Gasteiger partial charge on any atom is 0.221 e. The van der Waals surface area contributed by atoms with Gasteiger partial charge in [-0.15, -0.1) is 21.5 Å². The van der Waals surface area contributed by atoms with Crippen molar-refractivity contribution in [1.82, 2.24) is 14.8 Å². The average Bonchev–Trinajstić information content (AvgIpc) is 3.48. The molecule has 2 aromatic heterocycles. The van der Waals surface area contributed by atoms with Gasteiger partial charge >= 0.3 is 0 Å². The second kappa shape index (κ2) is 10.0. The molecule has 0 aliphatic heterocycles. The zero-order chi connectivity index (χ0) is 23.4. The molecule has 2 heterocycles. The van der Waals surface area contributed by atoms with Gasteiger partial charge in [-0.05, 0) is 54.8 Å². The number of aromatic nitrogens is 3. The molecule has 9 heteroatoms. The Morgan fingerprint density at radius 2 is 1.82 bits per heavy atom. The van der Waals surface area contributed by atoms with Crippen LogP contribution in [0.1, 0.15) is 24.2 Å². The summed E-state index contributed by atoms with van der Waals surface area (Å²) in [7, 11) is 1.62. The van der Waals surface area contributed by atoms with Gasteiger partial charge < -0.3 is 10.1 Å². The highest BCUT2D eigenvalue weighted by Crippen LogP contribution is 2.35. The molecule has 0 aliphatic rings. The Kier molecular flexibility index (Phi) is 6.90. The third-order valence-corrected chi connectivity index (χ3v) is 6.75. The minimum Gasteiger partial charge on any atom is -0.495 e. The molecule has 0 saturated carbocycles. The quantitative estimate of drug-likeness (QED) is 0.272. The van der Waals surface area contributed by atoms with E-state index < -0.39 is 5.25 Å². The third-order valence-electron chi connectivity index (χ3n) is 4.84. The van der Waals surface area contributed by atoms with Crippen molar-refractivity contribution < 1.29 is 14.3 Å². The van der Waals surface area contributed by atoms with Gasteiger partial charge in [-0.2, -0.15) is 0 Å². The number of anilines is 1. The number of methoxy groups -OCH3 is 1. The van der Waals surface area contributed by atoms with Crippen molar-refractivity contribution in [1.29, 1.82) is 0 Å². The SMILES string of the molecule is COc1ccccc1-n1c(SC(C)C(=O)c2ccc(NC(C)=O)cc2)nnc1-c1cccs1. The lowest BCUT2D eigenvalue weighted by Crippen LogP contribution is -2.15. The van der Waals surface area contributed by atoms with Crippen LogP contribution in [-0.4, -0.2) is 38.8 Å². The van der Waals surface area contributed by atoms with Crippen molar-refractivity contribution in [2.75, 3.05) is 12.4 Å². The topological polar surface area (TPSA) is 86.1 Å². The van der Waals surface area contributed by atoms with Gasteiger partial charge in [0.1, 0.15) is 5.75 Å². The monoisotopic (exact) mass is 478 g/mol. The highest BCUT2D eigenvalue weighted by Gasteiger charge is 2.24. The van der Waals surface area contributed by atoms with Crippen molar-refractivity contribution >= 4 is 40.5 Å². The van der Waals surface area contributed by atoms with Crippen molar-refractivity contribution in [2.24, 2.45) is 0 Å². The number of para-hydroxylation sites is 2. The molecular formula is C24H22N4O3S2. The molecule has 2 aromatic carbocycles. The first kappa shape index (κ1) is 22.8. The molecule has 0 saturated heterocycles. The normalized spacial score (nSPS) is 11.7. The van der Waals surface area contributed by atoms with Crippen LogP contribution in [0, 0.1) is 0 Å². The number of thiophene rings is 1. The number of thioether (sulfide) groups is 1. The highest BCUT2D eigenvalue weighted by molar-refractivity contribution is 8.00. The number of ether oxygens (including phenoxy) is 1. The maximum atomic E-state index is 13.1. The number of carbonyl (C=O) groups is 2. The van der Waals surface area contributed by atoms with Crippen molar-refractivity contribution in [3.63, 3.8) is 0 Å². The van der Waals surface area contributed by atoms with E-state index in [1.54, 1.807) is 42.7 Å². The molecule has 1 unspecified atom stereocenters. The van der Waals surface area contributed by atoms with Crippen molar-refractivity contribution in [3.05, 3.63) is 71.6 Å². The van der Waals surface area contributed by atoms with E-state index >= 15 is 0 Å². The van der Waals surface area contributed by atoms with E-state index in [1.807, 2.05) is 53.3 Å². The molecule has 0 fully saturated rings. The predicted octanol–water partition coefficient (Wildman–Crippen LogP) is 5.33. The van der Waals surface area contributed by atoms with E-state index in [2.05, 4.69) is 15.5 Å². The zero-order valence-corrected chi connectivity index (χ0v) is 19.9. The minimum atomic E-state index is -0.412. The second-order valence-electron chi connectivity index (χ2n) is 7.17. The van der Waals surface area contributed by atoms with Crippen molar-refractivity contribution in [3.8, 4) is 22.1 Å². The van der Waals surface area contributed by atoms with Gasteiger partial charge in [0.05, 0.1) is 22.9 Å². The van der Waals surface area contributed by atoms with Crippen LogP contribution in [-0.2, 0) is 4.79 Å². The van der Waals surface area contributed by atoms with E-state index in [0.717, 1.165) is 10.6 Å². The summed E-state index contributed by atoms with van der Waals surface area (Å²) in [5, 5.41) is 13.7. The molecule has 0 bridgehead atoms. The molecule has 1 amide bonds. The van der Waals surface area contributed by atoms with E-state index in [-0.39, 0.29) is 11.7 Å². The Morgan fingerprint density at radius 3 is 2.48 bits per heavy atom. The fraction of sp³-hybridized carbons (Fsp3) is 0.167. The first-order valence-corrected chi connectivity index (χ1v) is 11.9. The Morgan fingerprint density at radius 1 is 1.06 bits per heavy atom. The summed E-state index contributed by atoms with van der Waals surface area (Å²) in [6.07, 6.45) is 0. The smallest absolute Gasteiger partial charge is 0.221 e. The molecule has 4 aromatic rings. The van der Waals surface area contributed by atoms with Gasteiger partial charge in [-0.1, -0.05) is 30.0 Å². The second-order valence-corrected chi connectivity index (χ2v) is 9.43. The van der Waals surface area contributed by atoms with Crippen LogP contribution in [0.15, 0.2) is 71.2 Å². The average molecular weight is 479 g/mol. The van der Waals surface area contributed by atoms with Crippen molar-refractivity contribution in [2.45, 2.75) is 24.3 Å². The maximum absolute atomic E-state index is 13.1. The molecule has 168 valence electrons. The standard InChI is InChI=1S/C24H22N4O3S2/c1-15(22(30)17-10-12-18(13-11-17)25-16(2)29)33-24-27-26-23(21-9-6-14-32-21)28(24)19-7-4-5-8-20(19)31-3/h4-15H,1-3H3,(H,25,29). The number of rotatable bonds is 8. The van der Waals surface area contributed by atoms with Crippen LogP contribution in [0.3, 0.4) is 0 Å². The minimum absolute atomic E-state index is 0.0402. The van der Waals surface area contributed by atoms with Crippen LogP contribution >= 0.6 is 23.1 Å². The van der Waals surface area contributed by atoms with Gasteiger partial charge in [-0.25, -0.2) is 0 Å². The zero-order valence-electron chi connectivity index (χ0n) is 18.3. The molecule has 4 rings (SSSR count). The van der Waals surface area contributed by atoms with Gasteiger partial charge in [-0.3, -0.25) is 14.2 Å². The summed E-state index contributed by atoms with van der Waals surface area (Å²) < 4.78 is 7.51. The fourth-order valence-corrected chi connectivity index (χ4v) is 4.95. The number of benzene rings is 2. The van der Waals surface area contributed by atoms with Gasteiger partial charge in [0, 0.05) is 18.2 Å². The summed E-state index contributed by atoms with van der Waals surface area (Å²) in [6.45, 7) is 3.29. The van der Waals surface area contributed by atoms with E-state index in [4.69, 9.17) is 4.74 Å². The number of nitrogens with zero attached hydrogens (tertiary/aromatic N) is 3. The van der Waals surface area contributed by atoms with Gasteiger partial charge in [0.2, 0.25) is 5.91 Å². The number of amides is 1. The van der Waals surface area contributed by atoms with E-state index in [0.29, 0.717) is 28.0 Å². The number of hydrogen-bond acceptors (Lipinski definition) is 7. The Labute approximate surface area is 199 Å². The molecule has 1 atom stereocenters. The third kappa shape index (κ3) is 4.99. The summed E-state index contributed by atoms with van der Waals surface area (Å²) in [4.78, 5) is 25.3. The summed E-state index contributed by atoms with van der Waals surface area (Å²) in [5.74, 6) is 1.18. The first-order chi connectivity index (χ1) is 16.0. The largest absolute Gasteiger partial charge is 0.495 e. The van der Waals surface area contributed by atoms with Crippen LogP contribution in [0.5, 0.6) is 5.75 Å². The number of Topliss-reactive ketones (excluding diaryl/α,β-unsaturated/α-hetero) is 1. The molecule has 0 radical (unpaired) electrons. The van der Waals surface area contributed by atoms with Gasteiger partial charge in [0.25, 0.3) is 0 Å². The van der Waals surface area contributed by atoms with E-state index in [1.165, 1.54) is 18.7 Å². The fourth-order valence-electron chi connectivity index (χ4n) is 3.31. The van der Waals surface area contributed by atoms with Crippen LogP contribution < -0.4 is 10.1 Å². The predicted molar refractivity (Wildman–Crippen MR) is 132 cm³/mol. The Bertz CT molecular complexity index is 1270. The Hall–Kier alpha value is -3.43.